The summed E-state index contributed by atoms with van der Waals surface area (Å²) in [6.45, 7) is 5.50. The number of aromatic hydroxyl groups is 1. The number of phenolic OH excluding ortho intramolecular Hbond substituents is 1. The molecule has 4 aliphatic carbocycles. The minimum atomic E-state index is -1.18. The number of benzene rings is 2. The Morgan fingerprint density at radius 2 is 1.37 bits per heavy atom. The van der Waals surface area contributed by atoms with Crippen molar-refractivity contribution >= 4 is 41.4 Å². The summed E-state index contributed by atoms with van der Waals surface area (Å²) in [5, 5.41) is 23.5. The zero-order valence-electron chi connectivity index (χ0n) is 40.8. The van der Waals surface area contributed by atoms with E-state index in [0.717, 1.165) is 29.7 Å². The van der Waals surface area contributed by atoms with E-state index in [1.165, 1.54) is 62.5 Å². The van der Waals surface area contributed by atoms with Gasteiger partial charge in [-0.3, -0.25) is 28.8 Å². The number of pyridine rings is 1. The smallest absolute Gasteiger partial charge is 0.328 e. The van der Waals surface area contributed by atoms with Gasteiger partial charge >= 0.3 is 5.97 Å². The number of aryl methyl sites for hydroxylation is 1. The van der Waals surface area contributed by atoms with Crippen molar-refractivity contribution in [1.29, 1.82) is 0 Å². The first-order valence-corrected chi connectivity index (χ1v) is 24.8. The van der Waals surface area contributed by atoms with Gasteiger partial charge in [-0.15, -0.1) is 0 Å². The summed E-state index contributed by atoms with van der Waals surface area (Å²) in [6, 6.07) is 13.5. The van der Waals surface area contributed by atoms with Gasteiger partial charge < -0.3 is 65.3 Å². The van der Waals surface area contributed by atoms with E-state index in [0.29, 0.717) is 43.5 Å². The molecule has 4 bridgehead atoms. The normalized spacial score (nSPS) is 22.7. The molecule has 6 N–H and O–H groups in total. The molecule has 1 saturated heterocycles. The Morgan fingerprint density at radius 3 is 2.00 bits per heavy atom. The van der Waals surface area contributed by atoms with Crippen LogP contribution in [-0.2, 0) is 53.4 Å². The molecule has 4 saturated carbocycles. The van der Waals surface area contributed by atoms with Crippen LogP contribution in [0.1, 0.15) is 106 Å². The Kier molecular flexibility index (Phi) is 18.8. The molecule has 5 atom stereocenters. The molecule has 17 heteroatoms. The van der Waals surface area contributed by atoms with Gasteiger partial charge in [0.05, 0.1) is 13.2 Å². The summed E-state index contributed by atoms with van der Waals surface area (Å²) in [5.41, 5.74) is 2.05. The number of rotatable bonds is 21. The second-order valence-corrected chi connectivity index (χ2v) is 20.6. The topological polar surface area (TPSA) is 216 Å². The van der Waals surface area contributed by atoms with E-state index in [1.54, 1.807) is 48.3 Å². The summed E-state index contributed by atoms with van der Waals surface area (Å²) >= 11 is 0. The molecular weight excluding hydrogens is 1010 g/mol. The van der Waals surface area contributed by atoms with Crippen LogP contribution in [0.25, 0.3) is 0 Å². The summed E-state index contributed by atoms with van der Waals surface area (Å²) in [7, 11) is 1.80. The van der Waals surface area contributed by atoms with E-state index < -0.39 is 72.3 Å². The molecule has 0 radical (unpaired) electrons. The van der Waals surface area contributed by atoms with Crippen molar-refractivity contribution in [2.24, 2.45) is 36.1 Å². The fraction of sp³-hybridized carbons (Fsp3) is 0.547. The van der Waals surface area contributed by atoms with Crippen LogP contribution in [0.3, 0.4) is 0 Å². The molecule has 6 amide bonds. The highest BCUT2D eigenvalue weighted by atomic mass is 127. The standard InChI is InChI=1S/C53H69N7O9.HI/c1-33(2)22-44(52(68)69-21-18-53-28-37-23-38(29-53)25-39(24-37)30-53)58-49(65)42(26-35-10-6-5-7-11-35)56-46(62)31-54-47(63)34(3)55-48(64)43(27-36-14-16-41(61)17-15-36)57-50(66)45-13-9-20-60(45)51(67)40-12-8-19-59(4)32-40;/h5-8,10-12,14-17,19,32-34,37-39,42-45H,9,13,18,20-31H2,1-4H3,(H5-,54,55,56,57,58,61,62,63,64,65,66);1H/t34-,37?,38?,39?,42+,43+,44-,45+,53?;/m1./s1. The van der Waals surface area contributed by atoms with Crippen molar-refractivity contribution in [3.05, 3.63) is 95.8 Å². The molecule has 2 heterocycles. The maximum atomic E-state index is 14.0. The van der Waals surface area contributed by atoms with E-state index >= 15 is 0 Å². The lowest BCUT2D eigenvalue weighted by molar-refractivity contribution is -0.671. The van der Waals surface area contributed by atoms with Crippen LogP contribution in [-0.4, -0.2) is 101 Å². The van der Waals surface area contributed by atoms with Gasteiger partial charge in [-0.05, 0) is 130 Å². The zero-order valence-corrected chi connectivity index (χ0v) is 43.0. The predicted molar refractivity (Wildman–Crippen MR) is 256 cm³/mol. The Labute approximate surface area is 428 Å². The number of carbonyl (C=O) groups excluding carboxylic acids is 7. The van der Waals surface area contributed by atoms with Crippen molar-refractivity contribution in [1.82, 2.24) is 31.5 Å². The van der Waals surface area contributed by atoms with Crippen molar-refractivity contribution in [2.45, 2.75) is 128 Å². The van der Waals surface area contributed by atoms with E-state index in [-0.39, 0.29) is 59.8 Å². The molecule has 378 valence electrons. The number of hydrogen-bond acceptors (Lipinski definition) is 9. The van der Waals surface area contributed by atoms with E-state index in [1.807, 2.05) is 44.2 Å². The molecule has 70 heavy (non-hydrogen) atoms. The van der Waals surface area contributed by atoms with Crippen LogP contribution in [0.5, 0.6) is 5.75 Å². The molecule has 2 aromatic carbocycles. The fourth-order valence-corrected chi connectivity index (χ4v) is 11.5. The maximum Gasteiger partial charge on any atom is 0.328 e. The maximum absolute atomic E-state index is 14.0. The van der Waals surface area contributed by atoms with Gasteiger partial charge in [0.2, 0.25) is 29.5 Å². The van der Waals surface area contributed by atoms with Gasteiger partial charge in [-0.2, -0.15) is 0 Å². The van der Waals surface area contributed by atoms with Crippen LogP contribution in [0.4, 0.5) is 0 Å². The van der Waals surface area contributed by atoms with Gasteiger partial charge in [-0.25, -0.2) is 9.36 Å². The molecule has 5 aliphatic rings. The first-order chi connectivity index (χ1) is 33.0. The van der Waals surface area contributed by atoms with Crippen molar-refractivity contribution in [2.75, 3.05) is 19.7 Å². The van der Waals surface area contributed by atoms with E-state index in [4.69, 9.17) is 4.74 Å². The highest BCUT2D eigenvalue weighted by molar-refractivity contribution is 5.99. The summed E-state index contributed by atoms with van der Waals surface area (Å²) < 4.78 is 7.64. The second kappa shape index (κ2) is 24.5. The number of nitrogens with one attached hydrogen (secondary N) is 5. The molecule has 1 aliphatic heterocycles. The number of amides is 6. The van der Waals surface area contributed by atoms with Crippen LogP contribution < -0.4 is 55.1 Å². The number of esters is 1. The Bertz CT molecular complexity index is 2290. The third kappa shape index (κ3) is 14.5. The highest BCUT2D eigenvalue weighted by Crippen LogP contribution is 2.61. The molecule has 0 unspecified atom stereocenters. The number of ether oxygens (including phenoxy) is 1. The summed E-state index contributed by atoms with van der Waals surface area (Å²) in [5.74, 6) is -1.51. The Hall–Kier alpha value is -5.59. The largest absolute Gasteiger partial charge is 1.00 e. The lowest BCUT2D eigenvalue weighted by Gasteiger charge is -2.57. The van der Waals surface area contributed by atoms with Gasteiger partial charge in [-0.1, -0.05) is 56.3 Å². The van der Waals surface area contributed by atoms with Gasteiger partial charge in [0.15, 0.2) is 12.4 Å². The number of hydrogen-bond donors (Lipinski definition) is 6. The third-order valence-corrected chi connectivity index (χ3v) is 14.5. The van der Waals surface area contributed by atoms with Crippen LogP contribution in [0.15, 0.2) is 79.1 Å². The van der Waals surface area contributed by atoms with Gasteiger partial charge in [0.1, 0.15) is 48.6 Å². The first-order valence-electron chi connectivity index (χ1n) is 24.8. The fourth-order valence-electron chi connectivity index (χ4n) is 11.5. The minimum absolute atomic E-state index is 0. The van der Waals surface area contributed by atoms with Crippen molar-refractivity contribution in [3.8, 4) is 5.75 Å². The third-order valence-electron chi connectivity index (χ3n) is 14.5. The second-order valence-electron chi connectivity index (χ2n) is 20.6. The SMILES string of the molecule is CC(C)C[C@@H](NC(=O)[C@H](Cc1ccccc1)NC(=O)CNC(=O)[C@@H](C)NC(=O)[C@H](Cc1ccc(O)cc1)NC(=O)[C@@H]1CCCN1C(=O)c1ccc[n+](C)c1)C(=O)OCCC12CC3CC(CC(C3)C1)C2.[I-]. The summed E-state index contributed by atoms with van der Waals surface area (Å²) in [4.78, 5) is 97.2. The first kappa shape index (κ1) is 53.8. The number of nitrogens with zero attached hydrogens (tertiary/aromatic N) is 2. The molecule has 5 fully saturated rings. The molecule has 1 aromatic heterocycles. The van der Waals surface area contributed by atoms with E-state index in [2.05, 4.69) is 26.6 Å². The van der Waals surface area contributed by atoms with Crippen LogP contribution in [0, 0.1) is 29.1 Å². The Balaban J connectivity index is 0.00000804. The number of carbonyl (C=O) groups is 7. The molecular formula is C53H70IN7O9. The van der Waals surface area contributed by atoms with Crippen molar-refractivity contribution in [3.63, 3.8) is 0 Å². The van der Waals surface area contributed by atoms with E-state index in [9.17, 15) is 38.7 Å². The lowest BCUT2D eigenvalue weighted by Crippen LogP contribution is -3.00. The average Bonchev–Trinajstić information content (AvgIpc) is 3.81. The van der Waals surface area contributed by atoms with Crippen LogP contribution >= 0.6 is 0 Å². The summed E-state index contributed by atoms with van der Waals surface area (Å²) in [6.07, 6.45) is 13.4. The number of likely N-dealkylation sites (tertiary alicyclic amines) is 1. The van der Waals surface area contributed by atoms with Crippen LogP contribution in [0.2, 0.25) is 0 Å². The lowest BCUT2D eigenvalue weighted by atomic mass is 9.49. The highest BCUT2D eigenvalue weighted by Gasteiger charge is 2.50. The quantitative estimate of drug-likeness (QED) is 0.0500. The minimum Gasteiger partial charge on any atom is -1.00 e. The van der Waals surface area contributed by atoms with Crippen molar-refractivity contribution < 1.29 is 71.9 Å². The molecule has 8 rings (SSSR count). The number of aromatic nitrogens is 1. The molecule has 16 nitrogen and oxygen atoms in total. The zero-order chi connectivity index (χ0) is 49.2. The number of phenols is 1. The number of halogens is 1. The van der Waals surface area contributed by atoms with Gasteiger partial charge in [0, 0.05) is 25.5 Å². The monoisotopic (exact) mass is 1080 g/mol. The molecule has 0 spiro atoms. The van der Waals surface area contributed by atoms with Gasteiger partial charge in [0.25, 0.3) is 5.91 Å². The Morgan fingerprint density at radius 1 is 0.757 bits per heavy atom. The predicted octanol–water partition coefficient (Wildman–Crippen LogP) is 0.582. The molecule has 3 aromatic rings. The average molecular weight is 1080 g/mol.